The second kappa shape index (κ2) is 2.49. The minimum absolute atomic E-state index is 0.271. The summed E-state index contributed by atoms with van der Waals surface area (Å²) in [5, 5.41) is 0. The van der Waals surface area contributed by atoms with E-state index < -0.39 is 0 Å². The first-order chi connectivity index (χ1) is 4.90. The molecule has 2 aliphatic heterocycles. The normalized spacial score (nSPS) is 39.3. The molecule has 0 radical (unpaired) electrons. The molecule has 3 atom stereocenters. The van der Waals surface area contributed by atoms with Gasteiger partial charge in [-0.05, 0) is 0 Å². The van der Waals surface area contributed by atoms with Crippen molar-refractivity contribution in [3.63, 3.8) is 0 Å². The van der Waals surface area contributed by atoms with E-state index in [-0.39, 0.29) is 6.10 Å². The van der Waals surface area contributed by atoms with E-state index in [1.807, 2.05) is 0 Å². The number of epoxide rings is 2. The van der Waals surface area contributed by atoms with Gasteiger partial charge >= 0.3 is 0 Å². The summed E-state index contributed by atoms with van der Waals surface area (Å²) in [6.45, 7) is 1.78. The highest BCUT2D eigenvalue weighted by Gasteiger charge is 2.37. The molecule has 0 saturated carbocycles. The SMILES string of the molecule is COC(CC1CO1)C1CO1. The molecule has 0 amide bonds. The Bertz CT molecular complexity index is 118. The van der Waals surface area contributed by atoms with Crippen molar-refractivity contribution < 1.29 is 14.2 Å². The van der Waals surface area contributed by atoms with Gasteiger partial charge in [0, 0.05) is 13.5 Å². The van der Waals surface area contributed by atoms with E-state index in [2.05, 4.69) is 0 Å². The molecule has 2 heterocycles. The third kappa shape index (κ3) is 1.48. The van der Waals surface area contributed by atoms with Crippen LogP contribution in [0.15, 0.2) is 0 Å². The van der Waals surface area contributed by atoms with Gasteiger partial charge in [-0.25, -0.2) is 0 Å². The maximum absolute atomic E-state index is 5.22. The number of methoxy groups -OCH3 is 1. The standard InChI is InChI=1S/C7H12O3/c1-8-6(7-4-10-7)2-5-3-9-5/h5-7H,2-4H2,1H3. The van der Waals surface area contributed by atoms with Gasteiger partial charge in [0.1, 0.15) is 6.10 Å². The summed E-state index contributed by atoms with van der Waals surface area (Å²) in [6, 6.07) is 0. The Morgan fingerprint density at radius 3 is 2.60 bits per heavy atom. The Balaban J connectivity index is 1.73. The molecule has 0 spiro atoms. The molecular formula is C7H12O3. The largest absolute Gasteiger partial charge is 0.379 e. The van der Waals surface area contributed by atoms with E-state index in [0.29, 0.717) is 12.2 Å². The fourth-order valence-corrected chi connectivity index (χ4v) is 1.13. The van der Waals surface area contributed by atoms with Crippen molar-refractivity contribution in [1.29, 1.82) is 0 Å². The van der Waals surface area contributed by atoms with Crippen LogP contribution in [-0.2, 0) is 14.2 Å². The Hall–Kier alpha value is -0.120. The van der Waals surface area contributed by atoms with Crippen molar-refractivity contribution in [3.05, 3.63) is 0 Å². The summed E-state index contributed by atoms with van der Waals surface area (Å²) in [7, 11) is 1.73. The molecule has 2 fully saturated rings. The van der Waals surface area contributed by atoms with Gasteiger partial charge in [-0.3, -0.25) is 0 Å². The monoisotopic (exact) mass is 144 g/mol. The second-order valence-electron chi connectivity index (χ2n) is 2.84. The summed E-state index contributed by atoms with van der Waals surface area (Å²) >= 11 is 0. The van der Waals surface area contributed by atoms with Crippen molar-refractivity contribution in [3.8, 4) is 0 Å². The molecule has 0 bridgehead atoms. The molecule has 0 aromatic rings. The highest BCUT2D eigenvalue weighted by molar-refractivity contribution is 4.85. The Labute approximate surface area is 60.3 Å². The van der Waals surface area contributed by atoms with E-state index >= 15 is 0 Å². The molecule has 3 nitrogen and oxygen atoms in total. The van der Waals surface area contributed by atoms with Crippen LogP contribution >= 0.6 is 0 Å². The molecule has 2 saturated heterocycles. The van der Waals surface area contributed by atoms with Crippen LogP contribution in [0.2, 0.25) is 0 Å². The maximum atomic E-state index is 5.22. The average molecular weight is 144 g/mol. The lowest BCUT2D eigenvalue weighted by Crippen LogP contribution is -2.20. The highest BCUT2D eigenvalue weighted by atomic mass is 16.6. The first-order valence-corrected chi connectivity index (χ1v) is 3.66. The van der Waals surface area contributed by atoms with Gasteiger partial charge in [-0.2, -0.15) is 0 Å². The third-order valence-electron chi connectivity index (χ3n) is 1.97. The van der Waals surface area contributed by atoms with E-state index in [9.17, 15) is 0 Å². The van der Waals surface area contributed by atoms with Gasteiger partial charge in [-0.15, -0.1) is 0 Å². The van der Waals surface area contributed by atoms with Crippen LogP contribution in [0.25, 0.3) is 0 Å². The van der Waals surface area contributed by atoms with Gasteiger partial charge in [0.2, 0.25) is 0 Å². The fourth-order valence-electron chi connectivity index (χ4n) is 1.13. The summed E-state index contributed by atoms with van der Waals surface area (Å²) < 4.78 is 15.4. The van der Waals surface area contributed by atoms with Gasteiger partial charge in [0.25, 0.3) is 0 Å². The average Bonchev–Trinajstić information content (AvgIpc) is 2.76. The number of hydrogen-bond donors (Lipinski definition) is 0. The van der Waals surface area contributed by atoms with Crippen molar-refractivity contribution in [1.82, 2.24) is 0 Å². The van der Waals surface area contributed by atoms with Crippen LogP contribution in [0, 0.1) is 0 Å². The summed E-state index contributed by atoms with van der Waals surface area (Å²) in [6.07, 6.45) is 2.08. The molecular weight excluding hydrogens is 132 g/mol. The number of hydrogen-bond acceptors (Lipinski definition) is 3. The Kier molecular flexibility index (Phi) is 1.64. The lowest BCUT2D eigenvalue weighted by molar-refractivity contribution is 0.0632. The van der Waals surface area contributed by atoms with Crippen molar-refractivity contribution in [2.45, 2.75) is 24.7 Å². The van der Waals surface area contributed by atoms with Crippen LogP contribution in [0.5, 0.6) is 0 Å². The van der Waals surface area contributed by atoms with Crippen molar-refractivity contribution in [2.75, 3.05) is 20.3 Å². The minimum atomic E-state index is 0.271. The number of rotatable bonds is 4. The Morgan fingerprint density at radius 1 is 1.50 bits per heavy atom. The molecule has 0 aromatic carbocycles. The molecule has 0 aromatic heterocycles. The summed E-state index contributed by atoms with van der Waals surface area (Å²) in [5.41, 5.74) is 0. The zero-order chi connectivity index (χ0) is 6.97. The van der Waals surface area contributed by atoms with E-state index in [1.165, 1.54) is 0 Å². The maximum Gasteiger partial charge on any atom is 0.107 e. The van der Waals surface area contributed by atoms with Gasteiger partial charge in [0.05, 0.1) is 25.4 Å². The number of ether oxygens (including phenoxy) is 3. The molecule has 2 aliphatic rings. The second-order valence-corrected chi connectivity index (χ2v) is 2.84. The molecule has 3 heteroatoms. The molecule has 10 heavy (non-hydrogen) atoms. The molecule has 58 valence electrons. The minimum Gasteiger partial charge on any atom is -0.379 e. The molecule has 0 N–H and O–H groups in total. The van der Waals surface area contributed by atoms with Crippen LogP contribution < -0.4 is 0 Å². The topological polar surface area (TPSA) is 34.3 Å². The highest BCUT2D eigenvalue weighted by Crippen LogP contribution is 2.25. The lowest BCUT2D eigenvalue weighted by atomic mass is 10.1. The first kappa shape index (κ1) is 6.58. The summed E-state index contributed by atoms with van der Waals surface area (Å²) in [5.74, 6) is 0. The van der Waals surface area contributed by atoms with Gasteiger partial charge in [-0.1, -0.05) is 0 Å². The third-order valence-corrected chi connectivity index (χ3v) is 1.97. The van der Waals surface area contributed by atoms with Crippen LogP contribution in [-0.4, -0.2) is 38.6 Å². The Morgan fingerprint density at radius 2 is 2.20 bits per heavy atom. The first-order valence-electron chi connectivity index (χ1n) is 3.66. The van der Waals surface area contributed by atoms with Crippen LogP contribution in [0.4, 0.5) is 0 Å². The van der Waals surface area contributed by atoms with Gasteiger partial charge in [0.15, 0.2) is 0 Å². The fraction of sp³-hybridized carbons (Fsp3) is 1.00. The predicted molar refractivity (Wildman–Crippen MR) is 34.9 cm³/mol. The van der Waals surface area contributed by atoms with Gasteiger partial charge < -0.3 is 14.2 Å². The van der Waals surface area contributed by atoms with Crippen LogP contribution in [0.1, 0.15) is 6.42 Å². The van der Waals surface area contributed by atoms with E-state index in [0.717, 1.165) is 19.6 Å². The smallest absolute Gasteiger partial charge is 0.107 e. The van der Waals surface area contributed by atoms with E-state index in [1.54, 1.807) is 7.11 Å². The molecule has 3 unspecified atom stereocenters. The van der Waals surface area contributed by atoms with Crippen molar-refractivity contribution >= 4 is 0 Å². The molecule has 2 rings (SSSR count). The zero-order valence-electron chi connectivity index (χ0n) is 6.08. The van der Waals surface area contributed by atoms with E-state index in [4.69, 9.17) is 14.2 Å². The predicted octanol–water partition coefficient (Wildman–Crippen LogP) is 0.189. The lowest BCUT2D eigenvalue weighted by Gasteiger charge is -2.09. The summed E-state index contributed by atoms with van der Waals surface area (Å²) in [4.78, 5) is 0. The quantitative estimate of drug-likeness (QED) is 0.528. The van der Waals surface area contributed by atoms with Crippen molar-refractivity contribution in [2.24, 2.45) is 0 Å². The van der Waals surface area contributed by atoms with Crippen LogP contribution in [0.3, 0.4) is 0 Å². The zero-order valence-corrected chi connectivity index (χ0v) is 6.08. The molecule has 0 aliphatic carbocycles.